The molecular formula is C21H21ClN2O. The van der Waals surface area contributed by atoms with E-state index in [-0.39, 0.29) is 11.9 Å². The smallest absolute Gasteiger partial charge is 0.222 e. The van der Waals surface area contributed by atoms with Crippen molar-refractivity contribution in [2.24, 2.45) is 0 Å². The third-order valence-electron chi connectivity index (χ3n) is 4.32. The second kappa shape index (κ2) is 8.04. The number of nitrogens with one attached hydrogen (secondary N) is 1. The summed E-state index contributed by atoms with van der Waals surface area (Å²) in [5.41, 5.74) is 3.39. The highest BCUT2D eigenvalue weighted by molar-refractivity contribution is 6.30. The molecule has 3 aromatic rings. The molecule has 128 valence electrons. The van der Waals surface area contributed by atoms with Crippen molar-refractivity contribution in [2.75, 3.05) is 0 Å². The first-order valence-corrected chi connectivity index (χ1v) is 8.70. The van der Waals surface area contributed by atoms with Gasteiger partial charge in [-0.3, -0.25) is 4.79 Å². The van der Waals surface area contributed by atoms with Crippen LogP contribution in [0.2, 0.25) is 5.02 Å². The number of aryl methyl sites for hydroxylation is 1. The minimum atomic E-state index is -0.0126. The van der Waals surface area contributed by atoms with Crippen LogP contribution in [0.25, 0.3) is 0 Å². The Morgan fingerprint density at radius 3 is 2.40 bits per heavy atom. The average molecular weight is 353 g/mol. The van der Waals surface area contributed by atoms with Crippen LogP contribution in [0.3, 0.4) is 0 Å². The van der Waals surface area contributed by atoms with Gasteiger partial charge < -0.3 is 9.88 Å². The Balaban J connectivity index is 1.71. The van der Waals surface area contributed by atoms with Crippen molar-refractivity contribution < 1.29 is 4.79 Å². The fourth-order valence-electron chi connectivity index (χ4n) is 2.94. The van der Waals surface area contributed by atoms with Gasteiger partial charge in [0, 0.05) is 24.0 Å². The van der Waals surface area contributed by atoms with Gasteiger partial charge in [-0.15, -0.1) is 0 Å². The largest absolute Gasteiger partial charge is 0.352 e. The molecule has 0 fully saturated rings. The number of halogens is 1. The van der Waals surface area contributed by atoms with Gasteiger partial charge in [0.25, 0.3) is 0 Å². The molecule has 0 saturated heterocycles. The van der Waals surface area contributed by atoms with Crippen LogP contribution in [0, 0.1) is 6.92 Å². The molecule has 1 heterocycles. The number of hydrogen-bond donors (Lipinski definition) is 1. The molecule has 0 aliphatic carbocycles. The Morgan fingerprint density at radius 1 is 1.04 bits per heavy atom. The Labute approximate surface area is 153 Å². The number of hydrogen-bond acceptors (Lipinski definition) is 1. The van der Waals surface area contributed by atoms with Gasteiger partial charge in [-0.2, -0.15) is 0 Å². The number of amides is 1. The van der Waals surface area contributed by atoms with Gasteiger partial charge in [-0.05, 0) is 47.9 Å². The van der Waals surface area contributed by atoms with Gasteiger partial charge in [0.05, 0.1) is 12.5 Å². The zero-order valence-corrected chi connectivity index (χ0v) is 14.9. The molecule has 0 spiro atoms. The van der Waals surface area contributed by atoms with Gasteiger partial charge in [-0.25, -0.2) is 0 Å². The minimum Gasteiger partial charge on any atom is -0.352 e. The summed E-state index contributed by atoms with van der Waals surface area (Å²) in [5.74, 6) is 0.0249. The lowest BCUT2D eigenvalue weighted by Gasteiger charge is -2.21. The van der Waals surface area contributed by atoms with E-state index in [0.29, 0.717) is 18.0 Å². The van der Waals surface area contributed by atoms with Crippen LogP contribution in [0.15, 0.2) is 73.1 Å². The summed E-state index contributed by atoms with van der Waals surface area (Å²) in [7, 11) is 0. The number of nitrogens with zero attached hydrogens (tertiary/aromatic N) is 1. The molecule has 1 atom stereocenters. The summed E-state index contributed by atoms with van der Waals surface area (Å²) >= 11 is 5.89. The number of aromatic nitrogens is 1. The fourth-order valence-corrected chi connectivity index (χ4v) is 3.07. The Kier molecular flexibility index (Phi) is 5.56. The molecule has 0 aliphatic heterocycles. The van der Waals surface area contributed by atoms with Gasteiger partial charge in [-0.1, -0.05) is 48.0 Å². The summed E-state index contributed by atoms with van der Waals surface area (Å²) in [4.78, 5) is 12.5. The molecule has 2 aromatic carbocycles. The van der Waals surface area contributed by atoms with Crippen LogP contribution in [0.1, 0.15) is 29.2 Å². The van der Waals surface area contributed by atoms with Crippen LogP contribution in [0.4, 0.5) is 0 Å². The summed E-state index contributed by atoms with van der Waals surface area (Å²) in [6, 6.07) is 19.7. The SMILES string of the molecule is Cc1ccccc1[C@@H](CC(=O)NCc1ccc(Cl)cc1)n1cccc1. The van der Waals surface area contributed by atoms with Crippen LogP contribution in [-0.4, -0.2) is 10.5 Å². The van der Waals surface area contributed by atoms with E-state index in [1.807, 2.05) is 60.9 Å². The van der Waals surface area contributed by atoms with Gasteiger partial charge >= 0.3 is 0 Å². The lowest BCUT2D eigenvalue weighted by molar-refractivity contribution is -0.121. The zero-order valence-electron chi connectivity index (χ0n) is 14.2. The van der Waals surface area contributed by atoms with Gasteiger partial charge in [0.15, 0.2) is 0 Å². The maximum atomic E-state index is 12.5. The Bertz CT molecular complexity index is 825. The number of carbonyl (C=O) groups excluding carboxylic acids is 1. The molecule has 4 heteroatoms. The predicted molar refractivity (Wildman–Crippen MR) is 102 cm³/mol. The van der Waals surface area contributed by atoms with Crippen LogP contribution in [-0.2, 0) is 11.3 Å². The van der Waals surface area contributed by atoms with E-state index < -0.39 is 0 Å². The first-order chi connectivity index (χ1) is 12.1. The van der Waals surface area contributed by atoms with E-state index >= 15 is 0 Å². The summed E-state index contributed by atoms with van der Waals surface area (Å²) in [6.07, 6.45) is 4.40. The highest BCUT2D eigenvalue weighted by atomic mass is 35.5. The normalized spacial score (nSPS) is 11.9. The first-order valence-electron chi connectivity index (χ1n) is 8.32. The van der Waals surface area contributed by atoms with Crippen LogP contribution in [0.5, 0.6) is 0 Å². The van der Waals surface area contributed by atoms with Gasteiger partial charge in [0.2, 0.25) is 5.91 Å². The Morgan fingerprint density at radius 2 is 1.72 bits per heavy atom. The molecule has 3 rings (SSSR count). The number of carbonyl (C=O) groups is 1. The fraction of sp³-hybridized carbons (Fsp3) is 0.190. The van der Waals surface area contributed by atoms with E-state index in [0.717, 1.165) is 5.56 Å². The van der Waals surface area contributed by atoms with E-state index in [1.165, 1.54) is 11.1 Å². The lowest BCUT2D eigenvalue weighted by Crippen LogP contribution is -2.26. The molecule has 25 heavy (non-hydrogen) atoms. The third-order valence-corrected chi connectivity index (χ3v) is 4.57. The summed E-state index contributed by atoms with van der Waals surface area (Å²) in [6.45, 7) is 2.58. The summed E-state index contributed by atoms with van der Waals surface area (Å²) < 4.78 is 2.09. The zero-order chi connectivity index (χ0) is 17.6. The van der Waals surface area contributed by atoms with Crippen LogP contribution >= 0.6 is 11.6 Å². The topological polar surface area (TPSA) is 34.0 Å². The molecule has 0 saturated carbocycles. The van der Waals surface area contributed by atoms with Crippen molar-refractivity contribution >= 4 is 17.5 Å². The molecule has 1 amide bonds. The second-order valence-corrected chi connectivity index (χ2v) is 6.55. The van der Waals surface area contributed by atoms with E-state index in [2.05, 4.69) is 28.9 Å². The maximum absolute atomic E-state index is 12.5. The van der Waals surface area contributed by atoms with Crippen molar-refractivity contribution in [3.63, 3.8) is 0 Å². The molecule has 0 radical (unpaired) electrons. The third kappa shape index (κ3) is 4.52. The molecule has 1 aromatic heterocycles. The van der Waals surface area contributed by atoms with Crippen molar-refractivity contribution in [3.05, 3.63) is 94.8 Å². The minimum absolute atomic E-state index is 0.0126. The average Bonchev–Trinajstić information content (AvgIpc) is 3.14. The van der Waals surface area contributed by atoms with Crippen molar-refractivity contribution in [2.45, 2.75) is 25.9 Å². The molecule has 0 unspecified atom stereocenters. The van der Waals surface area contributed by atoms with Crippen molar-refractivity contribution in [1.29, 1.82) is 0 Å². The molecule has 1 N–H and O–H groups in total. The summed E-state index contributed by atoms with van der Waals surface area (Å²) in [5, 5.41) is 3.70. The van der Waals surface area contributed by atoms with Crippen molar-refractivity contribution in [3.8, 4) is 0 Å². The number of rotatable bonds is 6. The standard InChI is InChI=1S/C21H21ClN2O/c1-16-6-2-3-7-19(16)20(24-12-4-5-13-24)14-21(25)23-15-17-8-10-18(22)11-9-17/h2-13,20H,14-15H2,1H3,(H,23,25)/t20-/m1/s1. The highest BCUT2D eigenvalue weighted by Gasteiger charge is 2.18. The molecule has 3 nitrogen and oxygen atoms in total. The molecular weight excluding hydrogens is 332 g/mol. The lowest BCUT2D eigenvalue weighted by atomic mass is 9.98. The van der Waals surface area contributed by atoms with Gasteiger partial charge in [0.1, 0.15) is 0 Å². The first kappa shape index (κ1) is 17.3. The van der Waals surface area contributed by atoms with E-state index in [1.54, 1.807) is 0 Å². The second-order valence-electron chi connectivity index (χ2n) is 6.11. The predicted octanol–water partition coefficient (Wildman–Crippen LogP) is 4.75. The monoisotopic (exact) mass is 352 g/mol. The highest BCUT2D eigenvalue weighted by Crippen LogP contribution is 2.25. The van der Waals surface area contributed by atoms with E-state index in [9.17, 15) is 4.79 Å². The Hall–Kier alpha value is -2.52. The van der Waals surface area contributed by atoms with Crippen molar-refractivity contribution in [1.82, 2.24) is 9.88 Å². The quantitative estimate of drug-likeness (QED) is 0.682. The van der Waals surface area contributed by atoms with E-state index in [4.69, 9.17) is 11.6 Å². The molecule has 0 aliphatic rings. The number of benzene rings is 2. The maximum Gasteiger partial charge on any atom is 0.222 e. The van der Waals surface area contributed by atoms with Crippen LogP contribution < -0.4 is 5.32 Å². The molecule has 0 bridgehead atoms.